The first-order valence-electron chi connectivity index (χ1n) is 9.10. The molecule has 132 valence electrons. The lowest BCUT2D eigenvalue weighted by Crippen LogP contribution is -2.38. The van der Waals surface area contributed by atoms with E-state index in [9.17, 15) is 9.59 Å². The largest absolute Gasteiger partial charge is 0.484 e. The zero-order valence-corrected chi connectivity index (χ0v) is 14.5. The van der Waals surface area contributed by atoms with Gasteiger partial charge < -0.3 is 14.1 Å². The molecule has 25 heavy (non-hydrogen) atoms. The third kappa shape index (κ3) is 3.03. The molecule has 0 aliphatic heterocycles. The van der Waals surface area contributed by atoms with Gasteiger partial charge in [-0.05, 0) is 49.8 Å². The van der Waals surface area contributed by atoms with E-state index in [1.807, 2.05) is 19.2 Å². The maximum atomic E-state index is 12.3. The van der Waals surface area contributed by atoms with Gasteiger partial charge in [0.2, 0.25) is 0 Å². The van der Waals surface area contributed by atoms with E-state index in [1.165, 1.54) is 12.8 Å². The van der Waals surface area contributed by atoms with Gasteiger partial charge in [-0.15, -0.1) is 0 Å². The molecule has 1 aromatic carbocycles. The second-order valence-electron chi connectivity index (χ2n) is 7.09. The van der Waals surface area contributed by atoms with Gasteiger partial charge in [0, 0.05) is 30.1 Å². The number of rotatable bonds is 4. The lowest BCUT2D eigenvalue weighted by atomic mass is 10.1. The molecule has 0 atom stereocenters. The van der Waals surface area contributed by atoms with Gasteiger partial charge in [-0.3, -0.25) is 4.79 Å². The maximum Gasteiger partial charge on any atom is 0.339 e. The average molecular weight is 341 g/mol. The molecule has 2 aliphatic rings. The second kappa shape index (κ2) is 6.54. The van der Waals surface area contributed by atoms with Gasteiger partial charge in [0.25, 0.3) is 5.91 Å². The number of ether oxygens (including phenoxy) is 1. The molecule has 5 nitrogen and oxygen atoms in total. The summed E-state index contributed by atoms with van der Waals surface area (Å²) >= 11 is 0. The van der Waals surface area contributed by atoms with Crippen molar-refractivity contribution >= 4 is 16.9 Å². The molecule has 1 saturated carbocycles. The molecule has 1 aromatic heterocycles. The van der Waals surface area contributed by atoms with Crippen LogP contribution in [-0.2, 0) is 17.6 Å². The van der Waals surface area contributed by atoms with E-state index < -0.39 is 0 Å². The van der Waals surface area contributed by atoms with Crippen molar-refractivity contribution in [2.45, 2.75) is 51.0 Å². The zero-order valence-electron chi connectivity index (χ0n) is 14.5. The molecule has 0 saturated heterocycles. The number of fused-ring (bicyclic) bond motifs is 3. The van der Waals surface area contributed by atoms with Gasteiger partial charge in [-0.2, -0.15) is 0 Å². The second-order valence-corrected chi connectivity index (χ2v) is 7.09. The van der Waals surface area contributed by atoms with Gasteiger partial charge >= 0.3 is 5.63 Å². The van der Waals surface area contributed by atoms with Crippen LogP contribution in [0.2, 0.25) is 0 Å². The molecule has 0 bridgehead atoms. The van der Waals surface area contributed by atoms with Crippen LogP contribution in [0.4, 0.5) is 0 Å². The van der Waals surface area contributed by atoms with Gasteiger partial charge in [0.1, 0.15) is 11.3 Å². The summed E-state index contributed by atoms with van der Waals surface area (Å²) in [4.78, 5) is 26.2. The first-order valence-corrected chi connectivity index (χ1v) is 9.10. The normalized spacial score (nSPS) is 17.0. The van der Waals surface area contributed by atoms with Crippen molar-refractivity contribution in [2.75, 3.05) is 13.7 Å². The first-order chi connectivity index (χ1) is 12.1. The molecule has 1 fully saturated rings. The fourth-order valence-corrected chi connectivity index (χ4v) is 4.10. The van der Waals surface area contributed by atoms with Crippen LogP contribution in [0.25, 0.3) is 11.0 Å². The Kier molecular flexibility index (Phi) is 4.24. The summed E-state index contributed by atoms with van der Waals surface area (Å²) in [6.07, 6.45) is 7.26. The SMILES string of the molecule is CN(C(=O)COc1ccc2c3c(c(=O)oc2c1)CCC3)C1CCCC1. The number of likely N-dealkylation sites (N-methyl/N-ethyl adjacent to an activating group) is 1. The zero-order chi connectivity index (χ0) is 17.4. The topological polar surface area (TPSA) is 59.8 Å². The molecule has 0 spiro atoms. The summed E-state index contributed by atoms with van der Waals surface area (Å²) in [6.45, 7) is 0.00762. The highest BCUT2D eigenvalue weighted by atomic mass is 16.5. The van der Waals surface area contributed by atoms with E-state index >= 15 is 0 Å². The molecule has 4 rings (SSSR count). The lowest BCUT2D eigenvalue weighted by Gasteiger charge is -2.24. The fraction of sp³-hybridized carbons (Fsp3) is 0.500. The standard InChI is InChI=1S/C20H23NO4/c1-21(13-5-2-3-6-13)19(22)12-24-14-9-10-16-15-7-4-8-17(15)20(23)25-18(16)11-14/h9-11,13H,2-8,12H2,1H3. The molecule has 2 aliphatic carbocycles. The quantitative estimate of drug-likeness (QED) is 0.802. The van der Waals surface area contributed by atoms with Crippen molar-refractivity contribution in [1.29, 1.82) is 0 Å². The van der Waals surface area contributed by atoms with Crippen LogP contribution < -0.4 is 10.4 Å². The van der Waals surface area contributed by atoms with Crippen molar-refractivity contribution in [3.05, 3.63) is 39.7 Å². The highest BCUT2D eigenvalue weighted by Gasteiger charge is 2.24. The van der Waals surface area contributed by atoms with E-state index in [-0.39, 0.29) is 18.1 Å². The minimum Gasteiger partial charge on any atom is -0.484 e. The van der Waals surface area contributed by atoms with E-state index in [4.69, 9.17) is 9.15 Å². The van der Waals surface area contributed by atoms with Crippen LogP contribution in [0.15, 0.2) is 27.4 Å². The van der Waals surface area contributed by atoms with Crippen LogP contribution in [0.5, 0.6) is 5.75 Å². The van der Waals surface area contributed by atoms with Gasteiger partial charge in [0.05, 0.1) is 0 Å². The Morgan fingerprint density at radius 1 is 1.20 bits per heavy atom. The number of carbonyl (C=O) groups excluding carboxylic acids is 1. The summed E-state index contributed by atoms with van der Waals surface area (Å²) in [5.41, 5.74) is 2.22. The molecule has 5 heteroatoms. The summed E-state index contributed by atoms with van der Waals surface area (Å²) in [7, 11) is 1.85. The Morgan fingerprint density at radius 3 is 2.76 bits per heavy atom. The van der Waals surface area contributed by atoms with Crippen LogP contribution in [0.1, 0.15) is 43.2 Å². The molecule has 2 aromatic rings. The molecular weight excluding hydrogens is 318 g/mol. The number of hydrogen-bond donors (Lipinski definition) is 0. The third-order valence-corrected chi connectivity index (χ3v) is 5.57. The van der Waals surface area contributed by atoms with E-state index in [0.29, 0.717) is 17.4 Å². The predicted octanol–water partition coefficient (Wildman–Crippen LogP) is 3.06. The molecule has 0 radical (unpaired) electrons. The van der Waals surface area contributed by atoms with Crippen molar-refractivity contribution < 1.29 is 13.9 Å². The van der Waals surface area contributed by atoms with Crippen LogP contribution in [-0.4, -0.2) is 30.5 Å². The van der Waals surface area contributed by atoms with Gasteiger partial charge in [-0.1, -0.05) is 12.8 Å². The predicted molar refractivity (Wildman–Crippen MR) is 95.0 cm³/mol. The molecule has 1 amide bonds. The molecule has 0 N–H and O–H groups in total. The minimum absolute atomic E-state index is 0.00762. The van der Waals surface area contributed by atoms with Crippen LogP contribution in [0.3, 0.4) is 0 Å². The first kappa shape index (κ1) is 16.2. The molecule has 1 heterocycles. The van der Waals surface area contributed by atoms with E-state index in [2.05, 4.69) is 0 Å². The number of nitrogens with zero attached hydrogens (tertiary/aromatic N) is 1. The number of carbonyl (C=O) groups is 1. The van der Waals surface area contributed by atoms with Crippen molar-refractivity contribution in [3.8, 4) is 5.75 Å². The Morgan fingerprint density at radius 2 is 1.96 bits per heavy atom. The van der Waals surface area contributed by atoms with Crippen molar-refractivity contribution in [2.24, 2.45) is 0 Å². The Bertz CT molecular complexity index is 864. The van der Waals surface area contributed by atoms with E-state index in [0.717, 1.165) is 48.6 Å². The van der Waals surface area contributed by atoms with Gasteiger partial charge in [-0.25, -0.2) is 4.79 Å². The molecular formula is C20H23NO4. The van der Waals surface area contributed by atoms with Crippen LogP contribution >= 0.6 is 0 Å². The number of amides is 1. The average Bonchev–Trinajstić information content (AvgIpc) is 3.30. The Balaban J connectivity index is 1.49. The summed E-state index contributed by atoms with van der Waals surface area (Å²) in [5, 5.41) is 0.980. The summed E-state index contributed by atoms with van der Waals surface area (Å²) in [5.74, 6) is 0.546. The number of aryl methyl sites for hydroxylation is 1. The third-order valence-electron chi connectivity index (χ3n) is 5.57. The maximum absolute atomic E-state index is 12.3. The molecule has 0 unspecified atom stereocenters. The van der Waals surface area contributed by atoms with Crippen molar-refractivity contribution in [3.63, 3.8) is 0 Å². The number of hydrogen-bond acceptors (Lipinski definition) is 4. The highest BCUT2D eigenvalue weighted by Crippen LogP contribution is 2.29. The monoisotopic (exact) mass is 341 g/mol. The van der Waals surface area contributed by atoms with E-state index in [1.54, 1.807) is 11.0 Å². The highest BCUT2D eigenvalue weighted by molar-refractivity contribution is 5.83. The Hall–Kier alpha value is -2.30. The number of benzene rings is 1. The lowest BCUT2D eigenvalue weighted by molar-refractivity contribution is -0.134. The van der Waals surface area contributed by atoms with Crippen LogP contribution in [0, 0.1) is 0 Å². The Labute approximate surface area is 146 Å². The summed E-state index contributed by atoms with van der Waals surface area (Å²) < 4.78 is 11.1. The fourth-order valence-electron chi connectivity index (χ4n) is 4.10. The van der Waals surface area contributed by atoms with Gasteiger partial charge in [0.15, 0.2) is 6.61 Å². The summed E-state index contributed by atoms with van der Waals surface area (Å²) in [6, 6.07) is 5.85. The van der Waals surface area contributed by atoms with Crippen molar-refractivity contribution in [1.82, 2.24) is 4.90 Å². The smallest absolute Gasteiger partial charge is 0.339 e. The minimum atomic E-state index is -0.241.